The van der Waals surface area contributed by atoms with Crippen molar-refractivity contribution in [2.24, 2.45) is 0 Å². The second kappa shape index (κ2) is 8.53. The molecule has 0 heterocycles. The molecule has 0 bridgehead atoms. The highest BCUT2D eigenvalue weighted by atomic mass is 35.5. The van der Waals surface area contributed by atoms with Gasteiger partial charge in [-0.05, 0) is 48.7 Å². The first-order valence-electron chi connectivity index (χ1n) is 7.80. The average molecular weight is 361 g/mol. The number of rotatable bonds is 7. The normalized spacial score (nSPS) is 11.6. The van der Waals surface area contributed by atoms with Crippen LogP contribution >= 0.6 is 11.6 Å². The topological polar surface area (TPSA) is 78.5 Å². The summed E-state index contributed by atoms with van der Waals surface area (Å²) >= 11 is 5.84. The number of ether oxygens (including phenoxy) is 1. The summed E-state index contributed by atoms with van der Waals surface area (Å²) in [5.41, 5.74) is 2.58. The lowest BCUT2D eigenvalue weighted by atomic mass is 10.0. The molecule has 2 aromatic rings. The van der Waals surface area contributed by atoms with Gasteiger partial charge < -0.3 is 20.0 Å². The summed E-state index contributed by atoms with van der Waals surface area (Å²) in [4.78, 5) is 23.1. The van der Waals surface area contributed by atoms with Crippen LogP contribution in [0.4, 0.5) is 0 Å². The fourth-order valence-corrected chi connectivity index (χ4v) is 2.48. The lowest BCUT2D eigenvalue weighted by Crippen LogP contribution is -2.36. The predicted molar refractivity (Wildman–Crippen MR) is 93.4 cm³/mol. The zero-order valence-electron chi connectivity index (χ0n) is 14.0. The highest BCUT2D eigenvalue weighted by Gasteiger charge is 2.16. The van der Waals surface area contributed by atoms with E-state index in [4.69, 9.17) is 16.3 Å². The molecule has 6 heteroatoms. The number of carboxylic acids is 1. The summed E-state index contributed by atoms with van der Waals surface area (Å²) in [6.07, 6.45) is -0.336. The van der Waals surface area contributed by atoms with Crippen molar-refractivity contribution >= 4 is 23.5 Å². The van der Waals surface area contributed by atoms with Gasteiger partial charge in [0.05, 0.1) is 6.04 Å². The second-order valence-electron chi connectivity index (χ2n) is 5.81. The van der Waals surface area contributed by atoms with E-state index in [9.17, 15) is 14.7 Å². The Bertz CT molecular complexity index is 759. The number of hydrogen-bond donors (Lipinski definition) is 1. The first-order valence-corrected chi connectivity index (χ1v) is 8.17. The lowest BCUT2D eigenvalue weighted by Gasteiger charge is -2.20. The first-order chi connectivity index (χ1) is 11.8. The van der Waals surface area contributed by atoms with Crippen LogP contribution in [-0.4, -0.2) is 18.5 Å². The van der Waals surface area contributed by atoms with E-state index in [1.165, 1.54) is 0 Å². The van der Waals surface area contributed by atoms with Crippen molar-refractivity contribution in [2.75, 3.05) is 6.61 Å². The Morgan fingerprint density at radius 3 is 2.48 bits per heavy atom. The fraction of sp³-hybridized carbons (Fsp3) is 0.263. The molecule has 0 aliphatic heterocycles. The maximum atomic E-state index is 12.2. The minimum Gasteiger partial charge on any atom is -0.550 e. The molecule has 2 rings (SSSR count). The van der Waals surface area contributed by atoms with Crippen molar-refractivity contribution in [3.05, 3.63) is 64.2 Å². The van der Waals surface area contributed by atoms with E-state index >= 15 is 0 Å². The number of nitrogens with one attached hydrogen (secondary N) is 1. The third-order valence-electron chi connectivity index (χ3n) is 3.68. The van der Waals surface area contributed by atoms with Crippen LogP contribution in [0.3, 0.4) is 0 Å². The molecule has 1 unspecified atom stereocenters. The first kappa shape index (κ1) is 18.8. The summed E-state index contributed by atoms with van der Waals surface area (Å²) < 4.78 is 5.54. The molecular formula is C19H19ClNO4-. The molecule has 0 aromatic heterocycles. The molecule has 1 atom stereocenters. The van der Waals surface area contributed by atoms with Crippen LogP contribution in [-0.2, 0) is 9.59 Å². The van der Waals surface area contributed by atoms with Gasteiger partial charge >= 0.3 is 0 Å². The smallest absolute Gasteiger partial charge is 0.258 e. The van der Waals surface area contributed by atoms with Crippen molar-refractivity contribution in [1.82, 2.24) is 5.32 Å². The van der Waals surface area contributed by atoms with Gasteiger partial charge in [-0.15, -0.1) is 0 Å². The number of carbonyl (C=O) groups excluding carboxylic acids is 2. The monoisotopic (exact) mass is 360 g/mol. The number of carbonyl (C=O) groups is 2. The molecular weight excluding hydrogens is 342 g/mol. The molecule has 5 nitrogen and oxygen atoms in total. The van der Waals surface area contributed by atoms with Crippen LogP contribution in [0.5, 0.6) is 5.75 Å². The maximum Gasteiger partial charge on any atom is 0.258 e. The van der Waals surface area contributed by atoms with Gasteiger partial charge in [-0.1, -0.05) is 35.9 Å². The minimum atomic E-state index is -1.25. The quantitative estimate of drug-likeness (QED) is 0.822. The number of hydrogen-bond acceptors (Lipinski definition) is 4. The summed E-state index contributed by atoms with van der Waals surface area (Å²) in [6, 6.07) is 11.6. The molecule has 0 aliphatic carbocycles. The number of aryl methyl sites for hydroxylation is 2. The van der Waals surface area contributed by atoms with E-state index in [1.54, 1.807) is 24.3 Å². The van der Waals surface area contributed by atoms with Crippen molar-refractivity contribution < 1.29 is 19.4 Å². The number of benzene rings is 2. The molecule has 132 valence electrons. The van der Waals surface area contributed by atoms with Crippen molar-refractivity contribution in [3.63, 3.8) is 0 Å². The van der Waals surface area contributed by atoms with Crippen molar-refractivity contribution in [2.45, 2.75) is 26.3 Å². The van der Waals surface area contributed by atoms with Crippen molar-refractivity contribution in [3.8, 4) is 5.75 Å². The van der Waals surface area contributed by atoms with E-state index in [0.29, 0.717) is 16.3 Å². The van der Waals surface area contributed by atoms with Gasteiger partial charge in [0, 0.05) is 17.4 Å². The Hall–Kier alpha value is -2.53. The summed E-state index contributed by atoms with van der Waals surface area (Å²) in [5, 5.41) is 14.2. The van der Waals surface area contributed by atoms with Crippen LogP contribution in [0.25, 0.3) is 0 Å². The summed E-state index contributed by atoms with van der Waals surface area (Å²) in [7, 11) is 0. The third kappa shape index (κ3) is 5.80. The van der Waals surface area contributed by atoms with Gasteiger partial charge in [-0.25, -0.2) is 0 Å². The minimum absolute atomic E-state index is 0.207. The van der Waals surface area contributed by atoms with Crippen molar-refractivity contribution in [1.29, 1.82) is 0 Å². The Kier molecular flexibility index (Phi) is 6.42. The number of amides is 1. The SMILES string of the molecule is Cc1ccc(C)c(OCC(=O)NC(CC(=O)[O-])c2ccc(Cl)cc2)c1. The number of aliphatic carboxylic acids is 1. The Labute approximate surface area is 151 Å². The molecule has 1 amide bonds. The highest BCUT2D eigenvalue weighted by molar-refractivity contribution is 6.30. The fourth-order valence-electron chi connectivity index (χ4n) is 2.36. The Morgan fingerprint density at radius 2 is 1.84 bits per heavy atom. The second-order valence-corrected chi connectivity index (χ2v) is 6.24. The van der Waals surface area contributed by atoms with Gasteiger partial charge in [-0.2, -0.15) is 0 Å². The zero-order chi connectivity index (χ0) is 18.4. The van der Waals surface area contributed by atoms with Crippen LogP contribution < -0.4 is 15.2 Å². The van der Waals surface area contributed by atoms with Crippen LogP contribution in [0.15, 0.2) is 42.5 Å². The molecule has 0 radical (unpaired) electrons. The average Bonchev–Trinajstić information content (AvgIpc) is 2.55. The molecule has 0 fully saturated rings. The summed E-state index contributed by atoms with van der Waals surface area (Å²) in [5.74, 6) is -1.05. The Morgan fingerprint density at radius 1 is 1.16 bits per heavy atom. The van der Waals surface area contributed by atoms with Gasteiger partial charge in [0.15, 0.2) is 6.61 Å². The van der Waals surface area contributed by atoms with Gasteiger partial charge in [0.25, 0.3) is 5.91 Å². The molecule has 1 N–H and O–H groups in total. The zero-order valence-corrected chi connectivity index (χ0v) is 14.8. The number of halogens is 1. The van der Waals surface area contributed by atoms with Crippen LogP contribution in [0.1, 0.15) is 29.2 Å². The van der Waals surface area contributed by atoms with E-state index in [-0.39, 0.29) is 13.0 Å². The Balaban J connectivity index is 2.02. The molecule has 0 spiro atoms. The summed E-state index contributed by atoms with van der Waals surface area (Å²) in [6.45, 7) is 3.61. The van der Waals surface area contributed by atoms with Gasteiger partial charge in [-0.3, -0.25) is 4.79 Å². The molecule has 0 saturated carbocycles. The standard InChI is InChI=1S/C19H20ClNO4/c1-12-3-4-13(2)17(9-12)25-11-18(22)21-16(10-19(23)24)14-5-7-15(20)8-6-14/h3-9,16H,10-11H2,1-2H3,(H,21,22)(H,23,24)/p-1. The van der Waals surface area contributed by atoms with Gasteiger partial charge in [0.2, 0.25) is 0 Å². The van der Waals surface area contributed by atoms with E-state index in [2.05, 4.69) is 5.32 Å². The van der Waals surface area contributed by atoms with Crippen LogP contribution in [0, 0.1) is 13.8 Å². The van der Waals surface area contributed by atoms with E-state index in [0.717, 1.165) is 11.1 Å². The maximum absolute atomic E-state index is 12.2. The van der Waals surface area contributed by atoms with Gasteiger partial charge in [0.1, 0.15) is 5.75 Å². The molecule has 2 aromatic carbocycles. The molecule has 0 aliphatic rings. The molecule has 0 saturated heterocycles. The van der Waals surface area contributed by atoms with Crippen LogP contribution in [0.2, 0.25) is 5.02 Å². The number of carboxylic acid groups (broad SMARTS) is 1. The van der Waals surface area contributed by atoms with E-state index in [1.807, 2.05) is 32.0 Å². The molecule has 25 heavy (non-hydrogen) atoms. The van der Waals surface area contributed by atoms with E-state index < -0.39 is 17.9 Å². The highest BCUT2D eigenvalue weighted by Crippen LogP contribution is 2.21. The third-order valence-corrected chi connectivity index (χ3v) is 3.93. The lowest BCUT2D eigenvalue weighted by molar-refractivity contribution is -0.306. The largest absolute Gasteiger partial charge is 0.550 e. The predicted octanol–water partition coefficient (Wildman–Crippen LogP) is 2.33.